The van der Waals surface area contributed by atoms with Gasteiger partial charge in [-0.2, -0.15) is 0 Å². The van der Waals surface area contributed by atoms with Gasteiger partial charge in [0.25, 0.3) is 0 Å². The first-order valence-corrected chi connectivity index (χ1v) is 3.11. The lowest BCUT2D eigenvalue weighted by Crippen LogP contribution is -2.00. The third-order valence-electron chi connectivity index (χ3n) is 1.42. The number of rotatable bonds is 4. The van der Waals surface area contributed by atoms with Crippen molar-refractivity contribution in [2.75, 3.05) is 6.61 Å². The van der Waals surface area contributed by atoms with Crippen molar-refractivity contribution < 1.29 is 5.11 Å². The van der Waals surface area contributed by atoms with E-state index in [-0.39, 0.29) is 6.61 Å². The molecule has 0 rings (SSSR count). The van der Waals surface area contributed by atoms with E-state index in [0.29, 0.717) is 5.92 Å². The fourth-order valence-electron chi connectivity index (χ4n) is 0.573. The van der Waals surface area contributed by atoms with Crippen LogP contribution in [0, 0.1) is 5.92 Å². The van der Waals surface area contributed by atoms with Crippen molar-refractivity contribution in [3.05, 3.63) is 24.8 Å². The SMILES string of the molecule is C=CCC(C)C(=C)CO. The Hall–Kier alpha value is -0.560. The van der Waals surface area contributed by atoms with Gasteiger partial charge in [-0.3, -0.25) is 0 Å². The van der Waals surface area contributed by atoms with Gasteiger partial charge < -0.3 is 5.11 Å². The van der Waals surface area contributed by atoms with Crippen molar-refractivity contribution in [3.8, 4) is 0 Å². The summed E-state index contributed by atoms with van der Waals surface area (Å²) in [6.45, 7) is 9.41. The summed E-state index contributed by atoms with van der Waals surface area (Å²) in [6, 6.07) is 0. The topological polar surface area (TPSA) is 20.2 Å². The predicted molar refractivity (Wildman–Crippen MR) is 40.2 cm³/mol. The molecule has 0 aromatic rings. The quantitative estimate of drug-likeness (QED) is 0.569. The first-order valence-electron chi connectivity index (χ1n) is 3.11. The standard InChI is InChI=1S/C8H14O/c1-4-5-7(2)8(3)6-9/h4,7,9H,1,3,5-6H2,2H3. The van der Waals surface area contributed by atoms with Gasteiger partial charge in [0.1, 0.15) is 0 Å². The van der Waals surface area contributed by atoms with Crippen molar-refractivity contribution >= 4 is 0 Å². The van der Waals surface area contributed by atoms with Gasteiger partial charge in [-0.15, -0.1) is 6.58 Å². The molecule has 0 saturated carbocycles. The molecule has 0 bridgehead atoms. The van der Waals surface area contributed by atoms with Crippen LogP contribution in [0.25, 0.3) is 0 Å². The van der Waals surface area contributed by atoms with Crippen LogP contribution in [0.5, 0.6) is 0 Å². The van der Waals surface area contributed by atoms with Gasteiger partial charge in [-0.05, 0) is 17.9 Å². The van der Waals surface area contributed by atoms with Crippen LogP contribution in [-0.2, 0) is 0 Å². The fourth-order valence-corrected chi connectivity index (χ4v) is 0.573. The van der Waals surface area contributed by atoms with E-state index in [4.69, 9.17) is 5.11 Å². The second-order valence-corrected chi connectivity index (χ2v) is 2.24. The van der Waals surface area contributed by atoms with Gasteiger partial charge in [-0.25, -0.2) is 0 Å². The lowest BCUT2D eigenvalue weighted by molar-refractivity contribution is 0.317. The molecule has 1 heteroatoms. The minimum atomic E-state index is 0.0923. The molecular weight excluding hydrogens is 112 g/mol. The first kappa shape index (κ1) is 8.44. The van der Waals surface area contributed by atoms with Crippen LogP contribution in [0.4, 0.5) is 0 Å². The Morgan fingerprint density at radius 1 is 1.78 bits per heavy atom. The molecule has 0 saturated heterocycles. The maximum atomic E-state index is 8.60. The Kier molecular flexibility index (Phi) is 4.06. The molecule has 0 aliphatic rings. The van der Waals surface area contributed by atoms with Crippen molar-refractivity contribution in [2.45, 2.75) is 13.3 Å². The number of hydrogen-bond donors (Lipinski definition) is 1. The minimum absolute atomic E-state index is 0.0923. The Morgan fingerprint density at radius 2 is 2.33 bits per heavy atom. The maximum Gasteiger partial charge on any atom is 0.0641 e. The molecule has 0 aliphatic carbocycles. The Labute approximate surface area is 56.7 Å². The van der Waals surface area contributed by atoms with E-state index in [1.54, 1.807) is 0 Å². The van der Waals surface area contributed by atoms with E-state index in [0.717, 1.165) is 12.0 Å². The lowest BCUT2D eigenvalue weighted by Gasteiger charge is -2.08. The molecule has 0 heterocycles. The Bertz CT molecular complexity index is 105. The van der Waals surface area contributed by atoms with Crippen molar-refractivity contribution in [3.63, 3.8) is 0 Å². The van der Waals surface area contributed by atoms with Crippen LogP contribution in [0.2, 0.25) is 0 Å². The molecule has 1 N–H and O–H groups in total. The average molecular weight is 126 g/mol. The highest BCUT2D eigenvalue weighted by molar-refractivity contribution is 5.00. The van der Waals surface area contributed by atoms with Gasteiger partial charge in [0.15, 0.2) is 0 Å². The normalized spacial score (nSPS) is 12.7. The average Bonchev–Trinajstić information content (AvgIpc) is 1.87. The Balaban J connectivity index is 3.58. The molecule has 0 aromatic heterocycles. The molecule has 1 atom stereocenters. The van der Waals surface area contributed by atoms with Crippen LogP contribution in [0.3, 0.4) is 0 Å². The molecule has 0 fully saturated rings. The Morgan fingerprint density at radius 3 is 2.67 bits per heavy atom. The summed E-state index contributed by atoms with van der Waals surface area (Å²) in [4.78, 5) is 0. The van der Waals surface area contributed by atoms with E-state index in [2.05, 4.69) is 13.2 Å². The second-order valence-electron chi connectivity index (χ2n) is 2.24. The molecule has 0 amide bonds. The van der Waals surface area contributed by atoms with Gasteiger partial charge in [0.05, 0.1) is 6.61 Å². The summed E-state index contributed by atoms with van der Waals surface area (Å²) in [5, 5.41) is 8.60. The van der Waals surface area contributed by atoms with Crippen LogP contribution in [-0.4, -0.2) is 11.7 Å². The first-order chi connectivity index (χ1) is 4.22. The lowest BCUT2D eigenvalue weighted by atomic mass is 10.0. The predicted octanol–water partition coefficient (Wildman–Crippen LogP) is 1.75. The van der Waals surface area contributed by atoms with Crippen molar-refractivity contribution in [2.24, 2.45) is 5.92 Å². The van der Waals surface area contributed by atoms with Crippen molar-refractivity contribution in [1.29, 1.82) is 0 Å². The van der Waals surface area contributed by atoms with Crippen molar-refractivity contribution in [1.82, 2.24) is 0 Å². The van der Waals surface area contributed by atoms with E-state index >= 15 is 0 Å². The van der Waals surface area contributed by atoms with Gasteiger partial charge in [0.2, 0.25) is 0 Å². The highest BCUT2D eigenvalue weighted by Crippen LogP contribution is 2.11. The molecular formula is C8H14O. The zero-order valence-corrected chi connectivity index (χ0v) is 5.93. The summed E-state index contributed by atoms with van der Waals surface area (Å²) in [6.07, 6.45) is 2.74. The summed E-state index contributed by atoms with van der Waals surface area (Å²) in [5.74, 6) is 0.368. The number of hydrogen-bond acceptors (Lipinski definition) is 1. The number of allylic oxidation sites excluding steroid dienone is 1. The molecule has 52 valence electrons. The molecule has 9 heavy (non-hydrogen) atoms. The largest absolute Gasteiger partial charge is 0.392 e. The highest BCUT2D eigenvalue weighted by Gasteiger charge is 2.01. The van der Waals surface area contributed by atoms with Gasteiger partial charge in [-0.1, -0.05) is 19.6 Å². The van der Waals surface area contributed by atoms with Crippen LogP contribution < -0.4 is 0 Å². The summed E-state index contributed by atoms with van der Waals surface area (Å²) < 4.78 is 0. The number of aliphatic hydroxyl groups excluding tert-OH is 1. The molecule has 1 nitrogen and oxygen atoms in total. The third-order valence-corrected chi connectivity index (χ3v) is 1.42. The molecule has 0 aromatic carbocycles. The molecule has 0 spiro atoms. The molecule has 0 radical (unpaired) electrons. The van der Waals surface area contributed by atoms with E-state index in [9.17, 15) is 0 Å². The highest BCUT2D eigenvalue weighted by atomic mass is 16.3. The minimum Gasteiger partial charge on any atom is -0.392 e. The van der Waals surface area contributed by atoms with E-state index < -0.39 is 0 Å². The van der Waals surface area contributed by atoms with Crippen LogP contribution in [0.15, 0.2) is 24.8 Å². The summed E-state index contributed by atoms with van der Waals surface area (Å²) >= 11 is 0. The molecule has 0 aliphatic heterocycles. The summed E-state index contributed by atoms with van der Waals surface area (Å²) in [5.41, 5.74) is 0.884. The monoisotopic (exact) mass is 126 g/mol. The zero-order chi connectivity index (χ0) is 7.28. The molecule has 1 unspecified atom stereocenters. The zero-order valence-electron chi connectivity index (χ0n) is 5.93. The maximum absolute atomic E-state index is 8.60. The fraction of sp³-hybridized carbons (Fsp3) is 0.500. The second kappa shape index (κ2) is 4.33. The van der Waals surface area contributed by atoms with E-state index in [1.807, 2.05) is 13.0 Å². The van der Waals surface area contributed by atoms with E-state index in [1.165, 1.54) is 0 Å². The van der Waals surface area contributed by atoms with Crippen LogP contribution in [0.1, 0.15) is 13.3 Å². The van der Waals surface area contributed by atoms with Crippen LogP contribution >= 0.6 is 0 Å². The van der Waals surface area contributed by atoms with Gasteiger partial charge >= 0.3 is 0 Å². The third kappa shape index (κ3) is 3.09. The van der Waals surface area contributed by atoms with Gasteiger partial charge in [0, 0.05) is 0 Å². The summed E-state index contributed by atoms with van der Waals surface area (Å²) in [7, 11) is 0. The smallest absolute Gasteiger partial charge is 0.0641 e. The number of aliphatic hydroxyl groups is 1.